The van der Waals surface area contributed by atoms with Crippen molar-refractivity contribution < 1.29 is 13.5 Å². The Morgan fingerprint density at radius 2 is 2.09 bits per heavy atom. The number of sulfonamides is 1. The van der Waals surface area contributed by atoms with Crippen molar-refractivity contribution in [3.8, 4) is 0 Å². The fraction of sp³-hybridized carbons (Fsp3) is 0.533. The molecule has 1 atom stereocenters. The number of guanidine groups is 1. The summed E-state index contributed by atoms with van der Waals surface area (Å²) in [7, 11) is -3.63. The number of aliphatic hydroxyl groups excluding tert-OH is 1. The second-order valence-electron chi connectivity index (χ2n) is 5.39. The van der Waals surface area contributed by atoms with Crippen molar-refractivity contribution in [3.63, 3.8) is 0 Å². The highest BCUT2D eigenvalue weighted by Crippen LogP contribution is 2.26. The van der Waals surface area contributed by atoms with Crippen LogP contribution >= 0.6 is 0 Å². The quantitative estimate of drug-likeness (QED) is 0.744. The molecule has 1 heterocycles. The Morgan fingerprint density at radius 1 is 1.32 bits per heavy atom. The van der Waals surface area contributed by atoms with E-state index < -0.39 is 10.0 Å². The molecule has 1 aliphatic rings. The summed E-state index contributed by atoms with van der Waals surface area (Å²) in [6, 6.07) is 5.09. The Hall–Kier alpha value is -1.60. The van der Waals surface area contributed by atoms with Crippen molar-refractivity contribution in [2.45, 2.75) is 50.5 Å². The normalized spacial score (nSPS) is 19.1. The number of aryl methyl sites for hydroxylation is 1. The summed E-state index contributed by atoms with van der Waals surface area (Å²) in [5, 5.41) is 12.2. The van der Waals surface area contributed by atoms with Crippen LogP contribution in [0.4, 0.5) is 5.69 Å². The number of anilines is 1. The summed E-state index contributed by atoms with van der Waals surface area (Å²) < 4.78 is 27.2. The first-order valence-corrected chi connectivity index (χ1v) is 9.10. The maximum atomic E-state index is 12.4. The zero-order valence-corrected chi connectivity index (χ0v) is 13.8. The number of aliphatic imine (C=N–C) groups is 1. The fourth-order valence-electron chi connectivity index (χ4n) is 2.27. The van der Waals surface area contributed by atoms with E-state index in [0.29, 0.717) is 12.1 Å². The lowest BCUT2D eigenvalue weighted by atomic mass is 10.1. The number of hydrogen-bond donors (Lipinski definition) is 3. The first kappa shape index (κ1) is 16.8. The van der Waals surface area contributed by atoms with Crippen LogP contribution in [-0.4, -0.2) is 32.1 Å². The van der Waals surface area contributed by atoms with Gasteiger partial charge in [0, 0.05) is 0 Å². The number of aliphatic hydroxyl groups is 1. The summed E-state index contributed by atoms with van der Waals surface area (Å²) in [4.78, 5) is 4.45. The van der Waals surface area contributed by atoms with E-state index in [1.54, 1.807) is 12.1 Å². The average molecular weight is 325 g/mol. The molecule has 7 heteroatoms. The lowest BCUT2D eigenvalue weighted by Gasteiger charge is -2.23. The van der Waals surface area contributed by atoms with Gasteiger partial charge in [-0.25, -0.2) is 18.1 Å². The number of benzene rings is 1. The van der Waals surface area contributed by atoms with Gasteiger partial charge in [0.2, 0.25) is 5.96 Å². The molecule has 0 amide bonds. The predicted molar refractivity (Wildman–Crippen MR) is 87.6 cm³/mol. The molecule has 0 spiro atoms. The largest absolute Gasteiger partial charge is 0.394 e. The van der Waals surface area contributed by atoms with Gasteiger partial charge in [0.1, 0.15) is 4.90 Å². The van der Waals surface area contributed by atoms with E-state index in [1.165, 1.54) is 0 Å². The van der Waals surface area contributed by atoms with Gasteiger partial charge in [-0.05, 0) is 37.0 Å². The molecule has 0 aromatic heterocycles. The van der Waals surface area contributed by atoms with Gasteiger partial charge in [-0.15, -0.1) is 0 Å². The molecule has 0 saturated carbocycles. The molecule has 0 bridgehead atoms. The number of fused-ring (bicyclic) bond motifs is 1. The highest BCUT2D eigenvalue weighted by Gasteiger charge is 2.27. The standard InChI is InChI=1S/C15H23N3O3S/c1-3-5-6-11-7-8-13-14(9-11)22(20,21)18-15(17-13)16-12(4-2)10-19/h7-9,12,19H,3-6,10H2,1-2H3,(H2,16,17,18). The summed E-state index contributed by atoms with van der Waals surface area (Å²) in [5.41, 5.74) is 1.53. The van der Waals surface area contributed by atoms with Crippen molar-refractivity contribution in [3.05, 3.63) is 23.8 Å². The van der Waals surface area contributed by atoms with Gasteiger partial charge >= 0.3 is 0 Å². The number of unbranched alkanes of at least 4 members (excludes halogenated alkanes) is 1. The Bertz CT molecular complexity index is 652. The summed E-state index contributed by atoms with van der Waals surface area (Å²) in [6.45, 7) is 3.87. The molecular formula is C15H23N3O3S. The van der Waals surface area contributed by atoms with Crippen LogP contribution in [0.1, 0.15) is 38.7 Å². The first-order chi connectivity index (χ1) is 10.5. The summed E-state index contributed by atoms with van der Waals surface area (Å²) in [6.07, 6.45) is 3.59. The second kappa shape index (κ2) is 7.11. The van der Waals surface area contributed by atoms with Crippen LogP contribution in [0, 0.1) is 0 Å². The minimum absolute atomic E-state index is 0.119. The van der Waals surface area contributed by atoms with E-state index in [4.69, 9.17) is 0 Å². The molecule has 1 aromatic rings. The topological polar surface area (TPSA) is 90.8 Å². The van der Waals surface area contributed by atoms with Gasteiger partial charge in [0.25, 0.3) is 10.0 Å². The predicted octanol–water partition coefficient (Wildman–Crippen LogP) is 1.86. The van der Waals surface area contributed by atoms with E-state index >= 15 is 0 Å². The molecule has 0 fully saturated rings. The Kier molecular flexibility index (Phi) is 5.42. The fourth-order valence-corrected chi connectivity index (χ4v) is 3.45. The zero-order chi connectivity index (χ0) is 16.2. The average Bonchev–Trinajstić information content (AvgIpc) is 2.50. The smallest absolute Gasteiger partial charge is 0.266 e. The third kappa shape index (κ3) is 3.78. The molecule has 6 nitrogen and oxygen atoms in total. The van der Waals surface area contributed by atoms with Crippen molar-refractivity contribution in [2.24, 2.45) is 4.99 Å². The number of nitrogens with one attached hydrogen (secondary N) is 2. The van der Waals surface area contributed by atoms with E-state index in [-0.39, 0.29) is 23.5 Å². The molecule has 1 unspecified atom stereocenters. The molecule has 3 N–H and O–H groups in total. The monoisotopic (exact) mass is 325 g/mol. The molecular weight excluding hydrogens is 302 g/mol. The minimum atomic E-state index is -3.63. The molecule has 2 rings (SSSR count). The van der Waals surface area contributed by atoms with Gasteiger partial charge in [0.15, 0.2) is 0 Å². The van der Waals surface area contributed by atoms with Gasteiger partial charge < -0.3 is 10.4 Å². The molecule has 0 saturated heterocycles. The Morgan fingerprint density at radius 3 is 2.73 bits per heavy atom. The maximum absolute atomic E-state index is 12.4. The lowest BCUT2D eigenvalue weighted by Crippen LogP contribution is -2.41. The third-order valence-electron chi connectivity index (χ3n) is 3.63. The lowest BCUT2D eigenvalue weighted by molar-refractivity contribution is 0.264. The van der Waals surface area contributed by atoms with Gasteiger partial charge in [-0.1, -0.05) is 26.3 Å². The molecule has 1 aromatic carbocycles. The van der Waals surface area contributed by atoms with Crippen LogP contribution < -0.4 is 10.0 Å². The highest BCUT2D eigenvalue weighted by molar-refractivity contribution is 7.90. The van der Waals surface area contributed by atoms with Crippen molar-refractivity contribution >= 4 is 21.7 Å². The van der Waals surface area contributed by atoms with Crippen LogP contribution in [0.25, 0.3) is 0 Å². The zero-order valence-electron chi connectivity index (χ0n) is 13.0. The van der Waals surface area contributed by atoms with Gasteiger partial charge in [-0.2, -0.15) is 0 Å². The van der Waals surface area contributed by atoms with E-state index in [9.17, 15) is 13.5 Å². The SMILES string of the molecule is CCCCc1ccc2c(c1)S(=O)(=O)NC(=NC(CC)CO)N2. The van der Waals surface area contributed by atoms with E-state index in [0.717, 1.165) is 24.8 Å². The molecule has 0 radical (unpaired) electrons. The molecule has 22 heavy (non-hydrogen) atoms. The van der Waals surface area contributed by atoms with Crippen LogP contribution in [0.3, 0.4) is 0 Å². The number of hydrogen-bond acceptors (Lipinski definition) is 4. The van der Waals surface area contributed by atoms with Gasteiger partial charge in [-0.3, -0.25) is 0 Å². The second-order valence-corrected chi connectivity index (χ2v) is 7.04. The third-order valence-corrected chi connectivity index (χ3v) is 5.01. The van der Waals surface area contributed by atoms with Crippen molar-refractivity contribution in [2.75, 3.05) is 11.9 Å². The maximum Gasteiger partial charge on any atom is 0.266 e. The van der Waals surface area contributed by atoms with Crippen LogP contribution in [-0.2, 0) is 16.4 Å². The Balaban J connectivity index is 2.32. The molecule has 0 aliphatic carbocycles. The van der Waals surface area contributed by atoms with Gasteiger partial charge in [0.05, 0.1) is 18.3 Å². The Labute approximate surface area is 131 Å². The van der Waals surface area contributed by atoms with E-state index in [2.05, 4.69) is 22.0 Å². The van der Waals surface area contributed by atoms with Crippen LogP contribution in [0.15, 0.2) is 28.1 Å². The number of nitrogens with zero attached hydrogens (tertiary/aromatic N) is 1. The van der Waals surface area contributed by atoms with Crippen LogP contribution in [0.5, 0.6) is 0 Å². The summed E-state index contributed by atoms with van der Waals surface area (Å²) >= 11 is 0. The summed E-state index contributed by atoms with van der Waals surface area (Å²) in [5.74, 6) is 0.162. The van der Waals surface area contributed by atoms with E-state index in [1.807, 2.05) is 13.0 Å². The van der Waals surface area contributed by atoms with Crippen molar-refractivity contribution in [1.82, 2.24) is 4.72 Å². The first-order valence-electron chi connectivity index (χ1n) is 7.61. The number of rotatable bonds is 6. The molecule has 1 aliphatic heterocycles. The molecule has 122 valence electrons. The minimum Gasteiger partial charge on any atom is -0.394 e. The van der Waals surface area contributed by atoms with Crippen molar-refractivity contribution in [1.29, 1.82) is 0 Å². The highest BCUT2D eigenvalue weighted by atomic mass is 32.2. The van der Waals surface area contributed by atoms with Crippen LogP contribution in [0.2, 0.25) is 0 Å².